The van der Waals surface area contributed by atoms with Gasteiger partial charge in [0.2, 0.25) is 5.91 Å². The van der Waals surface area contributed by atoms with E-state index in [0.29, 0.717) is 11.3 Å². The Bertz CT molecular complexity index is 1330. The number of hydrogen-bond donors (Lipinski definition) is 2. The second kappa shape index (κ2) is 11.1. The molecule has 1 unspecified atom stereocenters. The van der Waals surface area contributed by atoms with E-state index in [1.165, 1.54) is 11.8 Å². The van der Waals surface area contributed by atoms with Gasteiger partial charge in [-0.3, -0.25) is 9.59 Å². The third kappa shape index (κ3) is 6.40. The molecular weight excluding hydrogens is 452 g/mol. The van der Waals surface area contributed by atoms with Crippen molar-refractivity contribution in [3.63, 3.8) is 0 Å². The van der Waals surface area contributed by atoms with Gasteiger partial charge < -0.3 is 10.6 Å². The fourth-order valence-electron chi connectivity index (χ4n) is 3.80. The van der Waals surface area contributed by atoms with E-state index in [9.17, 15) is 9.59 Å². The van der Waals surface area contributed by atoms with Crippen LogP contribution in [0.5, 0.6) is 0 Å². The zero-order chi connectivity index (χ0) is 24.8. The monoisotopic (exact) mass is 480 g/mol. The van der Waals surface area contributed by atoms with Crippen LogP contribution in [-0.4, -0.2) is 11.8 Å². The molecule has 4 nitrogen and oxygen atoms in total. The highest BCUT2D eigenvalue weighted by atomic mass is 32.2. The normalized spacial score (nSPS) is 11.5. The van der Waals surface area contributed by atoms with Crippen LogP contribution in [-0.2, 0) is 4.79 Å². The Hall–Kier alpha value is -3.83. The zero-order valence-electron chi connectivity index (χ0n) is 20.0. The van der Waals surface area contributed by atoms with Gasteiger partial charge in [0.1, 0.15) is 5.25 Å². The summed E-state index contributed by atoms with van der Waals surface area (Å²) < 4.78 is 0. The molecule has 4 rings (SSSR count). The Balaban J connectivity index is 1.50. The molecule has 2 N–H and O–H groups in total. The molecule has 0 aliphatic carbocycles. The van der Waals surface area contributed by atoms with E-state index in [0.717, 1.165) is 32.8 Å². The largest absolute Gasteiger partial charge is 0.325 e. The molecule has 0 saturated heterocycles. The van der Waals surface area contributed by atoms with Crippen molar-refractivity contribution >= 4 is 35.0 Å². The highest BCUT2D eigenvalue weighted by Gasteiger charge is 2.22. The van der Waals surface area contributed by atoms with Crippen LogP contribution in [0.1, 0.15) is 37.9 Å². The van der Waals surface area contributed by atoms with Crippen LogP contribution in [0, 0.1) is 20.8 Å². The van der Waals surface area contributed by atoms with Crippen molar-refractivity contribution in [3.8, 4) is 0 Å². The maximum atomic E-state index is 13.4. The van der Waals surface area contributed by atoms with Gasteiger partial charge in [-0.25, -0.2) is 0 Å². The molecule has 1 atom stereocenters. The molecule has 0 fully saturated rings. The lowest BCUT2D eigenvalue weighted by molar-refractivity contribution is -0.115. The molecule has 2 amide bonds. The third-order valence-corrected chi connectivity index (χ3v) is 6.89. The van der Waals surface area contributed by atoms with Gasteiger partial charge >= 0.3 is 0 Å². The Morgan fingerprint density at radius 1 is 0.714 bits per heavy atom. The summed E-state index contributed by atoms with van der Waals surface area (Å²) in [6.07, 6.45) is 0. The van der Waals surface area contributed by atoms with E-state index in [4.69, 9.17) is 0 Å². The summed E-state index contributed by atoms with van der Waals surface area (Å²) in [6, 6.07) is 30.8. The minimum Gasteiger partial charge on any atom is -0.325 e. The summed E-state index contributed by atoms with van der Waals surface area (Å²) in [4.78, 5) is 26.9. The first-order chi connectivity index (χ1) is 16.9. The van der Waals surface area contributed by atoms with Crippen molar-refractivity contribution in [2.45, 2.75) is 30.9 Å². The average Bonchev–Trinajstić information content (AvgIpc) is 2.85. The Labute approximate surface area is 210 Å². The summed E-state index contributed by atoms with van der Waals surface area (Å²) in [5, 5.41) is 5.61. The fraction of sp³-hybridized carbons (Fsp3) is 0.133. The van der Waals surface area contributed by atoms with Gasteiger partial charge in [-0.1, -0.05) is 65.7 Å². The smallest absolute Gasteiger partial charge is 0.255 e. The molecule has 35 heavy (non-hydrogen) atoms. The minimum absolute atomic E-state index is 0.0787. The van der Waals surface area contributed by atoms with E-state index in [1.54, 1.807) is 6.07 Å². The molecule has 0 aliphatic heterocycles. The van der Waals surface area contributed by atoms with Crippen molar-refractivity contribution < 1.29 is 9.59 Å². The van der Waals surface area contributed by atoms with Gasteiger partial charge in [0.05, 0.1) is 0 Å². The number of amides is 2. The van der Waals surface area contributed by atoms with Crippen LogP contribution < -0.4 is 10.6 Å². The highest BCUT2D eigenvalue weighted by molar-refractivity contribution is 8.00. The fourth-order valence-corrected chi connectivity index (χ4v) is 4.82. The van der Waals surface area contributed by atoms with E-state index >= 15 is 0 Å². The molecule has 0 aromatic heterocycles. The number of carbonyl (C=O) groups excluding carboxylic acids is 2. The van der Waals surface area contributed by atoms with Crippen LogP contribution in [0.25, 0.3) is 0 Å². The van der Waals surface area contributed by atoms with Gasteiger partial charge in [0.15, 0.2) is 0 Å². The predicted molar refractivity (Wildman–Crippen MR) is 145 cm³/mol. The van der Waals surface area contributed by atoms with E-state index in [2.05, 4.69) is 16.7 Å². The van der Waals surface area contributed by atoms with E-state index < -0.39 is 5.25 Å². The van der Waals surface area contributed by atoms with Crippen LogP contribution in [0.4, 0.5) is 11.4 Å². The molecule has 176 valence electrons. The second-order valence-corrected chi connectivity index (χ2v) is 9.74. The van der Waals surface area contributed by atoms with Crippen molar-refractivity contribution in [2.75, 3.05) is 10.6 Å². The van der Waals surface area contributed by atoms with Gasteiger partial charge in [0, 0.05) is 21.8 Å². The molecular formula is C30H28N2O2S. The number of benzene rings is 4. The lowest BCUT2D eigenvalue weighted by atomic mass is 10.1. The maximum absolute atomic E-state index is 13.4. The zero-order valence-corrected chi connectivity index (χ0v) is 20.9. The summed E-state index contributed by atoms with van der Waals surface area (Å²) >= 11 is 1.48. The van der Waals surface area contributed by atoms with E-state index in [1.807, 2.05) is 106 Å². The Kier molecular flexibility index (Phi) is 7.68. The van der Waals surface area contributed by atoms with Crippen molar-refractivity contribution in [3.05, 3.63) is 125 Å². The standard InChI is InChI=1S/C30H28N2O2S/c1-20-8-7-11-24(19-20)29(33)31-25-13-15-26(16-14-25)35-28(23-9-5-4-6-10-23)30(34)32-27-17-12-21(2)18-22(27)3/h4-19,28H,1-3H3,(H,31,33)(H,32,34). The number of carbonyl (C=O) groups is 2. The second-order valence-electron chi connectivity index (χ2n) is 8.56. The summed E-state index contributed by atoms with van der Waals surface area (Å²) in [7, 11) is 0. The number of rotatable bonds is 7. The number of hydrogen-bond acceptors (Lipinski definition) is 3. The lowest BCUT2D eigenvalue weighted by Crippen LogP contribution is -2.19. The highest BCUT2D eigenvalue weighted by Crippen LogP contribution is 2.37. The van der Waals surface area contributed by atoms with E-state index in [-0.39, 0.29) is 11.8 Å². The van der Waals surface area contributed by atoms with Crippen LogP contribution in [0.15, 0.2) is 102 Å². The topological polar surface area (TPSA) is 58.2 Å². The molecule has 5 heteroatoms. The Morgan fingerprint density at radius 3 is 2.11 bits per heavy atom. The molecule has 0 aliphatic rings. The molecule has 0 saturated carbocycles. The predicted octanol–water partition coefficient (Wildman–Crippen LogP) is 7.34. The quantitative estimate of drug-likeness (QED) is 0.272. The van der Waals surface area contributed by atoms with Gasteiger partial charge in [-0.15, -0.1) is 11.8 Å². The number of nitrogens with one attached hydrogen (secondary N) is 2. The summed E-state index contributed by atoms with van der Waals surface area (Å²) in [5.41, 5.74) is 6.30. The average molecular weight is 481 g/mol. The minimum atomic E-state index is -0.426. The first-order valence-electron chi connectivity index (χ1n) is 11.5. The molecule has 0 radical (unpaired) electrons. The van der Waals surface area contributed by atoms with Crippen LogP contribution in [0.2, 0.25) is 0 Å². The molecule has 0 bridgehead atoms. The van der Waals surface area contributed by atoms with Crippen LogP contribution in [0.3, 0.4) is 0 Å². The first kappa shape index (κ1) is 24.3. The summed E-state index contributed by atoms with van der Waals surface area (Å²) in [6.45, 7) is 5.99. The van der Waals surface area contributed by atoms with Crippen LogP contribution >= 0.6 is 11.8 Å². The van der Waals surface area contributed by atoms with Gasteiger partial charge in [-0.2, -0.15) is 0 Å². The van der Waals surface area contributed by atoms with Crippen molar-refractivity contribution in [1.29, 1.82) is 0 Å². The van der Waals surface area contributed by atoms with Gasteiger partial charge in [0.25, 0.3) is 5.91 Å². The summed E-state index contributed by atoms with van der Waals surface area (Å²) in [5.74, 6) is -0.228. The molecule has 4 aromatic carbocycles. The van der Waals surface area contributed by atoms with Gasteiger partial charge in [-0.05, 0) is 74.4 Å². The van der Waals surface area contributed by atoms with Crippen molar-refractivity contribution in [1.82, 2.24) is 0 Å². The number of aryl methyl sites for hydroxylation is 3. The lowest BCUT2D eigenvalue weighted by Gasteiger charge is -2.18. The van der Waals surface area contributed by atoms with Crippen molar-refractivity contribution in [2.24, 2.45) is 0 Å². The first-order valence-corrected chi connectivity index (χ1v) is 12.3. The molecule has 4 aromatic rings. The molecule has 0 spiro atoms. The SMILES string of the molecule is Cc1cccc(C(=O)Nc2ccc(SC(C(=O)Nc3ccc(C)cc3C)c3ccccc3)cc2)c1. The maximum Gasteiger partial charge on any atom is 0.255 e. The number of thioether (sulfide) groups is 1. The third-order valence-electron chi connectivity index (χ3n) is 5.63. The molecule has 0 heterocycles. The Morgan fingerprint density at radius 2 is 1.43 bits per heavy atom. The number of anilines is 2.